The highest BCUT2D eigenvalue weighted by molar-refractivity contribution is 5.79. The van der Waals surface area contributed by atoms with E-state index in [0.717, 1.165) is 55.6 Å². The van der Waals surface area contributed by atoms with Gasteiger partial charge in [-0.05, 0) is 53.8 Å². The Morgan fingerprint density at radius 1 is 1.10 bits per heavy atom. The quantitative estimate of drug-likeness (QED) is 0.539. The van der Waals surface area contributed by atoms with Crippen LogP contribution in [0.25, 0.3) is 0 Å². The SMILES string of the molecule is CN=C(NCCN1CCc2cc(OC)c(OC)cc2C1)NCc1ccc(F)c(C)c1. The molecule has 2 N–H and O–H groups in total. The molecule has 0 fully saturated rings. The van der Waals surface area contributed by atoms with Gasteiger partial charge in [0.1, 0.15) is 5.82 Å². The van der Waals surface area contributed by atoms with E-state index in [1.165, 1.54) is 17.2 Å². The van der Waals surface area contributed by atoms with Gasteiger partial charge in [0.25, 0.3) is 0 Å². The summed E-state index contributed by atoms with van der Waals surface area (Å²) >= 11 is 0. The van der Waals surface area contributed by atoms with Crippen LogP contribution in [-0.2, 0) is 19.5 Å². The third-order valence-electron chi connectivity index (χ3n) is 5.42. The molecule has 0 unspecified atom stereocenters. The molecule has 0 aliphatic carbocycles. The maximum absolute atomic E-state index is 13.4. The van der Waals surface area contributed by atoms with Crippen molar-refractivity contribution in [1.82, 2.24) is 15.5 Å². The number of methoxy groups -OCH3 is 2. The van der Waals surface area contributed by atoms with Crippen LogP contribution in [0.3, 0.4) is 0 Å². The first kappa shape index (κ1) is 21.9. The Morgan fingerprint density at radius 2 is 1.83 bits per heavy atom. The molecular weight excluding hydrogens is 383 g/mol. The van der Waals surface area contributed by atoms with Crippen molar-refractivity contribution in [1.29, 1.82) is 0 Å². The third kappa shape index (κ3) is 5.42. The van der Waals surface area contributed by atoms with Crippen molar-refractivity contribution >= 4 is 5.96 Å². The number of aryl methyl sites for hydroxylation is 1. The molecule has 0 aromatic heterocycles. The average molecular weight is 415 g/mol. The molecule has 0 saturated heterocycles. The zero-order valence-corrected chi connectivity index (χ0v) is 18.2. The highest BCUT2D eigenvalue weighted by Crippen LogP contribution is 2.33. The van der Waals surface area contributed by atoms with Gasteiger partial charge in [-0.1, -0.05) is 12.1 Å². The van der Waals surface area contributed by atoms with Crippen LogP contribution in [-0.4, -0.2) is 51.8 Å². The lowest BCUT2D eigenvalue weighted by Crippen LogP contribution is -2.42. The van der Waals surface area contributed by atoms with E-state index in [1.54, 1.807) is 34.3 Å². The van der Waals surface area contributed by atoms with Gasteiger partial charge in [0.2, 0.25) is 0 Å². The molecule has 1 aliphatic heterocycles. The molecule has 0 amide bonds. The molecule has 0 spiro atoms. The van der Waals surface area contributed by atoms with Gasteiger partial charge in [0, 0.05) is 39.8 Å². The molecule has 2 aromatic rings. The Morgan fingerprint density at radius 3 is 2.50 bits per heavy atom. The van der Waals surface area contributed by atoms with Crippen LogP contribution in [0.4, 0.5) is 4.39 Å². The largest absolute Gasteiger partial charge is 0.493 e. The fraction of sp³-hybridized carbons (Fsp3) is 0.435. The van der Waals surface area contributed by atoms with Crippen LogP contribution in [0.5, 0.6) is 11.5 Å². The molecule has 30 heavy (non-hydrogen) atoms. The summed E-state index contributed by atoms with van der Waals surface area (Å²) in [5.41, 5.74) is 4.28. The van der Waals surface area contributed by atoms with Gasteiger partial charge < -0.3 is 20.1 Å². The molecule has 7 heteroatoms. The highest BCUT2D eigenvalue weighted by Gasteiger charge is 2.19. The van der Waals surface area contributed by atoms with Gasteiger partial charge in [-0.3, -0.25) is 9.89 Å². The van der Waals surface area contributed by atoms with Crippen molar-refractivity contribution in [2.24, 2.45) is 4.99 Å². The van der Waals surface area contributed by atoms with Crippen molar-refractivity contribution in [2.45, 2.75) is 26.4 Å². The molecular formula is C23H31FN4O2. The van der Waals surface area contributed by atoms with Crippen LogP contribution in [0.15, 0.2) is 35.3 Å². The molecule has 2 aromatic carbocycles. The molecule has 0 atom stereocenters. The van der Waals surface area contributed by atoms with Gasteiger partial charge in [-0.15, -0.1) is 0 Å². The Hall–Kier alpha value is -2.80. The summed E-state index contributed by atoms with van der Waals surface area (Å²) in [6.45, 7) is 5.95. The lowest BCUT2D eigenvalue weighted by atomic mass is 9.99. The van der Waals surface area contributed by atoms with Crippen molar-refractivity contribution in [3.8, 4) is 11.5 Å². The summed E-state index contributed by atoms with van der Waals surface area (Å²) in [5.74, 6) is 2.12. The number of hydrogen-bond acceptors (Lipinski definition) is 4. The van der Waals surface area contributed by atoms with E-state index in [4.69, 9.17) is 9.47 Å². The number of nitrogens with one attached hydrogen (secondary N) is 2. The fourth-order valence-electron chi connectivity index (χ4n) is 3.69. The second kappa shape index (κ2) is 10.3. The lowest BCUT2D eigenvalue weighted by molar-refractivity contribution is 0.256. The number of nitrogens with zero attached hydrogens (tertiary/aromatic N) is 2. The van der Waals surface area contributed by atoms with Crippen LogP contribution < -0.4 is 20.1 Å². The number of benzene rings is 2. The molecule has 0 radical (unpaired) electrons. The summed E-state index contributed by atoms with van der Waals surface area (Å²) in [6.07, 6.45) is 0.993. The minimum atomic E-state index is -0.180. The van der Waals surface area contributed by atoms with Gasteiger partial charge in [0.05, 0.1) is 14.2 Å². The van der Waals surface area contributed by atoms with E-state index in [2.05, 4.69) is 32.7 Å². The third-order valence-corrected chi connectivity index (χ3v) is 5.42. The molecule has 3 rings (SSSR count). The molecule has 6 nitrogen and oxygen atoms in total. The predicted molar refractivity (Wildman–Crippen MR) is 118 cm³/mol. The fourth-order valence-corrected chi connectivity index (χ4v) is 3.69. The minimum Gasteiger partial charge on any atom is -0.493 e. The summed E-state index contributed by atoms with van der Waals surface area (Å²) in [7, 11) is 5.09. The van der Waals surface area contributed by atoms with E-state index < -0.39 is 0 Å². The summed E-state index contributed by atoms with van der Waals surface area (Å²) in [4.78, 5) is 6.69. The highest BCUT2D eigenvalue weighted by atomic mass is 19.1. The van der Waals surface area contributed by atoms with Crippen LogP contribution in [0.2, 0.25) is 0 Å². The van der Waals surface area contributed by atoms with E-state index in [0.29, 0.717) is 12.1 Å². The number of halogens is 1. The zero-order valence-electron chi connectivity index (χ0n) is 18.2. The summed E-state index contributed by atoms with van der Waals surface area (Å²) in [5, 5.41) is 6.64. The van der Waals surface area contributed by atoms with Crippen molar-refractivity contribution in [3.05, 3.63) is 58.4 Å². The topological polar surface area (TPSA) is 58.1 Å². The molecule has 162 valence electrons. The number of aliphatic imine (C=N–C) groups is 1. The molecule has 0 bridgehead atoms. The van der Waals surface area contributed by atoms with Gasteiger partial charge in [-0.25, -0.2) is 4.39 Å². The van der Waals surface area contributed by atoms with E-state index in [9.17, 15) is 4.39 Å². The zero-order chi connectivity index (χ0) is 21.5. The maximum Gasteiger partial charge on any atom is 0.191 e. The second-order valence-electron chi connectivity index (χ2n) is 7.44. The summed E-state index contributed by atoms with van der Waals surface area (Å²) < 4.78 is 24.3. The number of rotatable bonds is 7. The first-order chi connectivity index (χ1) is 14.5. The number of guanidine groups is 1. The van der Waals surface area contributed by atoms with Crippen LogP contribution >= 0.6 is 0 Å². The van der Waals surface area contributed by atoms with Crippen molar-refractivity contribution in [3.63, 3.8) is 0 Å². The minimum absolute atomic E-state index is 0.180. The van der Waals surface area contributed by atoms with Crippen molar-refractivity contribution < 1.29 is 13.9 Å². The van der Waals surface area contributed by atoms with Crippen LogP contribution in [0.1, 0.15) is 22.3 Å². The predicted octanol–water partition coefficient (Wildman–Crippen LogP) is 2.87. The second-order valence-corrected chi connectivity index (χ2v) is 7.44. The number of hydrogen-bond donors (Lipinski definition) is 2. The van der Waals surface area contributed by atoms with Gasteiger partial charge >= 0.3 is 0 Å². The molecule has 1 aliphatic rings. The Labute approximate surface area is 178 Å². The van der Waals surface area contributed by atoms with E-state index in [-0.39, 0.29) is 5.82 Å². The van der Waals surface area contributed by atoms with E-state index >= 15 is 0 Å². The van der Waals surface area contributed by atoms with Gasteiger partial charge in [0.15, 0.2) is 17.5 Å². The molecule has 0 saturated carbocycles. The maximum atomic E-state index is 13.4. The van der Waals surface area contributed by atoms with Crippen molar-refractivity contribution in [2.75, 3.05) is 40.9 Å². The first-order valence-electron chi connectivity index (χ1n) is 10.2. The van der Waals surface area contributed by atoms with Crippen LogP contribution in [0, 0.1) is 12.7 Å². The summed E-state index contributed by atoms with van der Waals surface area (Å²) in [6, 6.07) is 9.31. The van der Waals surface area contributed by atoms with E-state index in [1.807, 2.05) is 6.07 Å². The monoisotopic (exact) mass is 414 g/mol. The Bertz CT molecular complexity index is 901. The Kier molecular flexibility index (Phi) is 7.52. The number of fused-ring (bicyclic) bond motifs is 1. The van der Waals surface area contributed by atoms with Gasteiger partial charge in [-0.2, -0.15) is 0 Å². The Balaban J connectivity index is 1.48. The smallest absolute Gasteiger partial charge is 0.191 e. The lowest BCUT2D eigenvalue weighted by Gasteiger charge is -2.29. The normalized spacial score (nSPS) is 14.2. The average Bonchev–Trinajstić information content (AvgIpc) is 2.77. The standard InChI is InChI=1S/C23H31FN4O2/c1-16-11-17(5-6-20(16)24)14-27-23(25-2)26-8-10-28-9-7-18-12-21(29-3)22(30-4)13-19(18)15-28/h5-6,11-13H,7-10,14-15H2,1-4H3,(H2,25,26,27). The number of ether oxygens (including phenoxy) is 2. The first-order valence-corrected chi connectivity index (χ1v) is 10.2. The molecule has 1 heterocycles.